The molecule has 0 radical (unpaired) electrons. The van der Waals surface area contributed by atoms with Crippen molar-refractivity contribution < 1.29 is 9.47 Å². The third-order valence-electron chi connectivity index (χ3n) is 10.7. The standard InChI is InChI=1S/C47H31BN2O2/c1-30-25-44-47-45(26-30)52-43-27-36-39(28-38(43)48(47)37-23-13-14-24-42(37)51-44)50(33-19-9-4-10-20-33)41-29-40(34-21-11-12-22-35(34)46(36)41)49(31-15-5-2-6-16-31)32-17-7-3-8-18-32/h2-29H,1H3. The van der Waals surface area contributed by atoms with Crippen LogP contribution in [0.25, 0.3) is 38.3 Å². The second-order valence-electron chi connectivity index (χ2n) is 13.8. The van der Waals surface area contributed by atoms with E-state index in [1.54, 1.807) is 0 Å². The number of aromatic nitrogens is 1. The highest BCUT2D eigenvalue weighted by Gasteiger charge is 2.41. The van der Waals surface area contributed by atoms with Crippen molar-refractivity contribution in [2.24, 2.45) is 0 Å². The van der Waals surface area contributed by atoms with Gasteiger partial charge in [-0.15, -0.1) is 0 Å². The Morgan fingerprint density at radius 3 is 1.79 bits per heavy atom. The van der Waals surface area contributed by atoms with Crippen LogP contribution in [-0.4, -0.2) is 11.3 Å². The monoisotopic (exact) mass is 666 g/mol. The molecule has 2 aliphatic rings. The molecule has 0 spiro atoms. The maximum absolute atomic E-state index is 6.88. The van der Waals surface area contributed by atoms with Crippen LogP contribution in [-0.2, 0) is 0 Å². The number of para-hydroxylation sites is 4. The van der Waals surface area contributed by atoms with Crippen molar-refractivity contribution >= 4 is 72.7 Å². The summed E-state index contributed by atoms with van der Waals surface area (Å²) in [5, 5.41) is 4.73. The van der Waals surface area contributed by atoms with E-state index in [1.165, 1.54) is 16.2 Å². The van der Waals surface area contributed by atoms with E-state index >= 15 is 0 Å². The maximum atomic E-state index is 6.88. The molecule has 11 rings (SSSR count). The van der Waals surface area contributed by atoms with E-state index < -0.39 is 0 Å². The Kier molecular flexibility index (Phi) is 6.23. The number of hydrogen-bond acceptors (Lipinski definition) is 3. The highest BCUT2D eigenvalue weighted by Crippen LogP contribution is 2.46. The topological polar surface area (TPSA) is 26.6 Å². The van der Waals surface area contributed by atoms with Gasteiger partial charge in [0.15, 0.2) is 0 Å². The molecule has 0 atom stereocenters. The Morgan fingerprint density at radius 1 is 0.481 bits per heavy atom. The molecule has 3 heterocycles. The Balaban J connectivity index is 1.27. The summed E-state index contributed by atoms with van der Waals surface area (Å²) in [4.78, 5) is 2.38. The molecule has 0 saturated carbocycles. The quantitative estimate of drug-likeness (QED) is 0.175. The van der Waals surface area contributed by atoms with Crippen molar-refractivity contribution in [1.29, 1.82) is 0 Å². The highest BCUT2D eigenvalue weighted by molar-refractivity contribution is 6.98. The molecule has 0 fully saturated rings. The molecule has 1 aromatic heterocycles. The molecule has 52 heavy (non-hydrogen) atoms. The van der Waals surface area contributed by atoms with Gasteiger partial charge in [0.1, 0.15) is 23.0 Å². The zero-order valence-electron chi connectivity index (χ0n) is 28.5. The molecule has 0 saturated heterocycles. The Bertz CT molecular complexity index is 2830. The second kappa shape index (κ2) is 11.1. The summed E-state index contributed by atoms with van der Waals surface area (Å²) >= 11 is 0. The van der Waals surface area contributed by atoms with E-state index in [2.05, 4.69) is 180 Å². The average molecular weight is 667 g/mol. The normalized spacial score (nSPS) is 12.6. The molecule has 0 bridgehead atoms. The number of ether oxygens (including phenoxy) is 2. The summed E-state index contributed by atoms with van der Waals surface area (Å²) < 4.78 is 15.8. The highest BCUT2D eigenvalue weighted by atomic mass is 16.5. The summed E-state index contributed by atoms with van der Waals surface area (Å²) in [7, 11) is 0. The van der Waals surface area contributed by atoms with Crippen LogP contribution >= 0.6 is 0 Å². The zero-order valence-corrected chi connectivity index (χ0v) is 28.5. The minimum atomic E-state index is -0.0232. The summed E-state index contributed by atoms with van der Waals surface area (Å²) in [5.74, 6) is 3.51. The molecular weight excluding hydrogens is 635 g/mol. The lowest BCUT2D eigenvalue weighted by Gasteiger charge is -2.33. The van der Waals surface area contributed by atoms with Crippen LogP contribution in [0.4, 0.5) is 17.1 Å². The molecule has 5 heteroatoms. The van der Waals surface area contributed by atoms with Gasteiger partial charge in [0, 0.05) is 38.7 Å². The predicted molar refractivity (Wildman–Crippen MR) is 215 cm³/mol. The van der Waals surface area contributed by atoms with Gasteiger partial charge in [0.2, 0.25) is 0 Å². The van der Waals surface area contributed by atoms with Crippen molar-refractivity contribution in [3.8, 4) is 28.7 Å². The molecule has 2 aliphatic heterocycles. The summed E-state index contributed by atoms with van der Waals surface area (Å²) in [6.45, 7) is 2.08. The Morgan fingerprint density at radius 2 is 1.08 bits per heavy atom. The van der Waals surface area contributed by atoms with Crippen LogP contribution in [0.5, 0.6) is 23.0 Å². The summed E-state index contributed by atoms with van der Waals surface area (Å²) in [6.07, 6.45) is 0. The third-order valence-corrected chi connectivity index (χ3v) is 10.7. The van der Waals surface area contributed by atoms with Crippen LogP contribution in [0.3, 0.4) is 0 Å². The molecule has 8 aromatic carbocycles. The van der Waals surface area contributed by atoms with E-state index in [9.17, 15) is 0 Å². The largest absolute Gasteiger partial charge is 0.458 e. The number of nitrogens with zero attached hydrogens (tertiary/aromatic N) is 2. The molecule has 0 N–H and O–H groups in total. The first kappa shape index (κ1) is 29.1. The van der Waals surface area contributed by atoms with Crippen LogP contribution in [0.15, 0.2) is 170 Å². The van der Waals surface area contributed by atoms with E-state index in [1.807, 2.05) is 6.07 Å². The van der Waals surface area contributed by atoms with Crippen molar-refractivity contribution in [2.45, 2.75) is 6.92 Å². The van der Waals surface area contributed by atoms with Gasteiger partial charge in [0.25, 0.3) is 6.71 Å². The fourth-order valence-corrected chi connectivity index (χ4v) is 8.55. The first-order valence-electron chi connectivity index (χ1n) is 17.8. The summed E-state index contributed by atoms with van der Waals surface area (Å²) in [6, 6.07) is 60.6. The van der Waals surface area contributed by atoms with Crippen LogP contribution < -0.4 is 30.8 Å². The second-order valence-corrected chi connectivity index (χ2v) is 13.8. The molecule has 244 valence electrons. The fourth-order valence-electron chi connectivity index (χ4n) is 8.55. The van der Waals surface area contributed by atoms with Crippen molar-refractivity contribution in [3.05, 3.63) is 175 Å². The predicted octanol–water partition coefficient (Wildman–Crippen LogP) is 10.4. The first-order valence-corrected chi connectivity index (χ1v) is 17.8. The van der Waals surface area contributed by atoms with Crippen LogP contribution in [0.2, 0.25) is 0 Å². The Hall–Kier alpha value is -6.72. The molecule has 4 nitrogen and oxygen atoms in total. The molecule has 9 aromatic rings. The van der Waals surface area contributed by atoms with Gasteiger partial charge in [0.05, 0.1) is 16.7 Å². The van der Waals surface area contributed by atoms with Crippen molar-refractivity contribution in [2.75, 3.05) is 4.90 Å². The number of hydrogen-bond donors (Lipinski definition) is 0. The lowest BCUT2D eigenvalue weighted by Crippen LogP contribution is -2.57. The molecule has 0 aliphatic carbocycles. The summed E-state index contributed by atoms with van der Waals surface area (Å²) in [5.41, 5.74) is 11.2. The van der Waals surface area contributed by atoms with Gasteiger partial charge in [-0.3, -0.25) is 0 Å². The SMILES string of the molecule is Cc1cc2c3c(c1)Oc1cc4c5c6ccccc6c(N(c6ccccc6)c6ccccc6)cc5n(-c5ccccc5)c4cc1B3c1ccccc1O2. The number of benzene rings is 8. The van der Waals surface area contributed by atoms with Crippen molar-refractivity contribution in [3.63, 3.8) is 0 Å². The Labute approximate surface area is 301 Å². The van der Waals surface area contributed by atoms with E-state index in [-0.39, 0.29) is 6.71 Å². The van der Waals surface area contributed by atoms with Gasteiger partial charge in [-0.1, -0.05) is 97.1 Å². The molecule has 0 amide bonds. The lowest BCUT2D eigenvalue weighted by atomic mass is 9.35. The van der Waals surface area contributed by atoms with Gasteiger partial charge in [-0.2, -0.15) is 0 Å². The van der Waals surface area contributed by atoms with Crippen LogP contribution in [0.1, 0.15) is 5.56 Å². The van der Waals surface area contributed by atoms with Gasteiger partial charge < -0.3 is 18.9 Å². The van der Waals surface area contributed by atoms with Gasteiger partial charge >= 0.3 is 0 Å². The minimum Gasteiger partial charge on any atom is -0.458 e. The molecule has 0 unspecified atom stereocenters. The number of anilines is 3. The van der Waals surface area contributed by atoms with Crippen molar-refractivity contribution in [1.82, 2.24) is 4.57 Å². The molecular formula is C47H31BN2O2. The smallest absolute Gasteiger partial charge is 0.260 e. The van der Waals surface area contributed by atoms with Gasteiger partial charge in [-0.25, -0.2) is 0 Å². The first-order chi connectivity index (χ1) is 25.7. The average Bonchev–Trinajstić information content (AvgIpc) is 3.51. The zero-order chi connectivity index (χ0) is 34.3. The minimum absolute atomic E-state index is 0.0232. The van der Waals surface area contributed by atoms with Crippen LogP contribution in [0, 0.1) is 6.92 Å². The maximum Gasteiger partial charge on any atom is 0.260 e. The number of fused-ring (bicyclic) bond motifs is 9. The van der Waals surface area contributed by atoms with E-state index in [0.29, 0.717) is 0 Å². The fraction of sp³-hybridized carbons (Fsp3) is 0.0213. The van der Waals surface area contributed by atoms with E-state index in [0.717, 1.165) is 84.1 Å². The number of rotatable bonds is 4. The third kappa shape index (κ3) is 4.23. The number of aryl methyl sites for hydroxylation is 1. The lowest BCUT2D eigenvalue weighted by molar-refractivity contribution is 0.464. The van der Waals surface area contributed by atoms with E-state index in [4.69, 9.17) is 9.47 Å². The van der Waals surface area contributed by atoms with Gasteiger partial charge in [-0.05, 0) is 102 Å².